The third-order valence-electron chi connectivity index (χ3n) is 4.26. The third kappa shape index (κ3) is 8.45. The Labute approximate surface area is 173 Å². The fourth-order valence-corrected chi connectivity index (χ4v) is 2.64. The van der Waals surface area contributed by atoms with Gasteiger partial charge >= 0.3 is 0 Å². The molecule has 27 heavy (non-hydrogen) atoms. The van der Waals surface area contributed by atoms with Crippen LogP contribution in [0, 0.1) is 0 Å². The SMILES string of the molecule is CCN(CC)CCNC(=O)c1ccc(NC(=O)C2COCCN2)cc1.Cl.Cl. The predicted molar refractivity (Wildman–Crippen MR) is 112 cm³/mol. The Morgan fingerprint density at radius 2 is 1.85 bits per heavy atom. The Balaban J connectivity index is 0.00000338. The van der Waals surface area contributed by atoms with E-state index in [1.807, 2.05) is 0 Å². The maximum atomic E-state index is 12.1. The first-order chi connectivity index (χ1) is 12.1. The van der Waals surface area contributed by atoms with Crippen LogP contribution in [0.2, 0.25) is 0 Å². The van der Waals surface area contributed by atoms with E-state index in [0.717, 1.165) is 19.6 Å². The van der Waals surface area contributed by atoms with Gasteiger partial charge < -0.3 is 25.6 Å². The summed E-state index contributed by atoms with van der Waals surface area (Å²) in [5.74, 6) is -0.233. The second kappa shape index (κ2) is 13.7. The van der Waals surface area contributed by atoms with Crippen LogP contribution in [0.3, 0.4) is 0 Å². The first-order valence-corrected chi connectivity index (χ1v) is 8.86. The lowest BCUT2D eigenvalue weighted by Gasteiger charge is -2.22. The van der Waals surface area contributed by atoms with Crippen molar-refractivity contribution in [3.63, 3.8) is 0 Å². The average molecular weight is 421 g/mol. The number of nitrogens with zero attached hydrogens (tertiary/aromatic N) is 1. The summed E-state index contributed by atoms with van der Waals surface area (Å²) in [5, 5.41) is 8.85. The molecule has 0 spiro atoms. The molecule has 1 aromatic rings. The normalized spacial score (nSPS) is 16.0. The molecule has 1 unspecified atom stereocenters. The maximum Gasteiger partial charge on any atom is 0.251 e. The van der Waals surface area contributed by atoms with Crippen molar-refractivity contribution in [1.82, 2.24) is 15.5 Å². The highest BCUT2D eigenvalue weighted by molar-refractivity contribution is 5.97. The molecule has 0 bridgehead atoms. The summed E-state index contributed by atoms with van der Waals surface area (Å²) < 4.78 is 5.28. The van der Waals surface area contributed by atoms with E-state index in [-0.39, 0.29) is 42.7 Å². The van der Waals surface area contributed by atoms with E-state index >= 15 is 0 Å². The number of halogens is 2. The maximum absolute atomic E-state index is 12.1. The van der Waals surface area contributed by atoms with E-state index in [1.165, 1.54) is 0 Å². The van der Waals surface area contributed by atoms with Gasteiger partial charge in [-0.15, -0.1) is 24.8 Å². The Kier molecular flexibility index (Phi) is 13.0. The number of rotatable bonds is 8. The number of ether oxygens (including phenoxy) is 1. The van der Waals surface area contributed by atoms with Gasteiger partial charge in [0.25, 0.3) is 5.91 Å². The number of benzene rings is 1. The standard InChI is InChI=1S/C18H28N4O3.2ClH/c1-3-22(4-2)11-9-20-17(23)14-5-7-15(8-6-14)21-18(24)16-13-25-12-10-19-16;;/h5-8,16,19H,3-4,9-13H2,1-2H3,(H,20,23)(H,21,24);2*1H. The van der Waals surface area contributed by atoms with Gasteiger partial charge in [0.2, 0.25) is 5.91 Å². The third-order valence-corrected chi connectivity index (χ3v) is 4.26. The lowest BCUT2D eigenvalue weighted by molar-refractivity contribution is -0.120. The zero-order valence-corrected chi connectivity index (χ0v) is 17.5. The molecule has 2 rings (SSSR count). The number of likely N-dealkylation sites (N-methyl/N-ethyl adjacent to an activating group) is 1. The molecule has 1 aliphatic heterocycles. The van der Waals surface area contributed by atoms with Crippen LogP contribution in [0.4, 0.5) is 5.69 Å². The molecule has 9 heteroatoms. The molecule has 1 aromatic carbocycles. The Hall–Kier alpha value is -1.38. The smallest absolute Gasteiger partial charge is 0.251 e. The summed E-state index contributed by atoms with van der Waals surface area (Å²) in [4.78, 5) is 26.5. The first-order valence-electron chi connectivity index (χ1n) is 8.86. The van der Waals surface area contributed by atoms with E-state index in [0.29, 0.717) is 37.6 Å². The van der Waals surface area contributed by atoms with E-state index in [1.54, 1.807) is 24.3 Å². The van der Waals surface area contributed by atoms with Crippen LogP contribution in [-0.4, -0.2) is 68.7 Å². The number of carbonyl (C=O) groups excluding carboxylic acids is 2. The van der Waals surface area contributed by atoms with Crippen LogP contribution in [0.1, 0.15) is 24.2 Å². The largest absolute Gasteiger partial charge is 0.378 e. The fourth-order valence-electron chi connectivity index (χ4n) is 2.64. The summed E-state index contributed by atoms with van der Waals surface area (Å²) in [6.07, 6.45) is 0. The molecule has 3 N–H and O–H groups in total. The fraction of sp³-hybridized carbons (Fsp3) is 0.556. The van der Waals surface area contributed by atoms with Crippen molar-refractivity contribution in [3.8, 4) is 0 Å². The Morgan fingerprint density at radius 3 is 2.41 bits per heavy atom. The highest BCUT2D eigenvalue weighted by atomic mass is 35.5. The first kappa shape index (κ1) is 25.6. The Morgan fingerprint density at radius 1 is 1.19 bits per heavy atom. The average Bonchev–Trinajstić information content (AvgIpc) is 2.66. The van der Waals surface area contributed by atoms with Crippen LogP contribution in [0.15, 0.2) is 24.3 Å². The number of nitrogens with one attached hydrogen (secondary N) is 3. The molecular weight excluding hydrogens is 391 g/mol. The van der Waals surface area contributed by atoms with Gasteiger partial charge in [-0.05, 0) is 37.4 Å². The van der Waals surface area contributed by atoms with E-state index in [9.17, 15) is 9.59 Å². The van der Waals surface area contributed by atoms with Crippen LogP contribution in [0.5, 0.6) is 0 Å². The van der Waals surface area contributed by atoms with Gasteiger partial charge in [0.05, 0.1) is 13.2 Å². The molecule has 1 fully saturated rings. The van der Waals surface area contributed by atoms with Crippen molar-refractivity contribution in [2.75, 3.05) is 51.3 Å². The molecule has 0 saturated carbocycles. The van der Waals surface area contributed by atoms with Crippen molar-refractivity contribution >= 4 is 42.3 Å². The van der Waals surface area contributed by atoms with Gasteiger partial charge in [-0.2, -0.15) is 0 Å². The van der Waals surface area contributed by atoms with Crippen LogP contribution < -0.4 is 16.0 Å². The molecule has 0 aromatic heterocycles. The highest BCUT2D eigenvalue weighted by Crippen LogP contribution is 2.10. The van der Waals surface area contributed by atoms with Gasteiger partial charge in [-0.1, -0.05) is 13.8 Å². The van der Waals surface area contributed by atoms with Crippen LogP contribution in [0.25, 0.3) is 0 Å². The number of amides is 2. The molecular formula is C18H30Cl2N4O3. The molecule has 1 atom stereocenters. The quantitative estimate of drug-likeness (QED) is 0.593. The molecule has 0 radical (unpaired) electrons. The number of morpholine rings is 1. The van der Waals surface area contributed by atoms with E-state index < -0.39 is 0 Å². The summed E-state index contributed by atoms with van der Waals surface area (Å²) in [7, 11) is 0. The van der Waals surface area contributed by atoms with Crippen molar-refractivity contribution in [1.29, 1.82) is 0 Å². The lowest BCUT2D eigenvalue weighted by Crippen LogP contribution is -2.48. The zero-order chi connectivity index (χ0) is 18.1. The predicted octanol–water partition coefficient (Wildman–Crippen LogP) is 1.53. The van der Waals surface area contributed by atoms with Gasteiger partial charge in [0.1, 0.15) is 6.04 Å². The second-order valence-corrected chi connectivity index (χ2v) is 5.93. The number of anilines is 1. The van der Waals surface area contributed by atoms with Crippen LogP contribution in [-0.2, 0) is 9.53 Å². The molecule has 1 heterocycles. The molecule has 7 nitrogen and oxygen atoms in total. The second-order valence-electron chi connectivity index (χ2n) is 5.93. The molecule has 0 aliphatic carbocycles. The van der Waals surface area contributed by atoms with E-state index in [4.69, 9.17) is 4.74 Å². The van der Waals surface area contributed by atoms with Gasteiger partial charge in [-0.25, -0.2) is 0 Å². The lowest BCUT2D eigenvalue weighted by atomic mass is 10.2. The molecule has 1 aliphatic rings. The summed E-state index contributed by atoms with van der Waals surface area (Å²) >= 11 is 0. The minimum atomic E-state index is -0.336. The zero-order valence-electron chi connectivity index (χ0n) is 15.8. The summed E-state index contributed by atoms with van der Waals surface area (Å²) in [6, 6.07) is 6.57. The van der Waals surface area contributed by atoms with Crippen molar-refractivity contribution < 1.29 is 14.3 Å². The number of carbonyl (C=O) groups is 2. The van der Waals surface area contributed by atoms with Crippen molar-refractivity contribution in [3.05, 3.63) is 29.8 Å². The monoisotopic (exact) mass is 420 g/mol. The summed E-state index contributed by atoms with van der Waals surface area (Å²) in [5.41, 5.74) is 1.24. The topological polar surface area (TPSA) is 82.7 Å². The number of hydrogen-bond acceptors (Lipinski definition) is 5. The van der Waals surface area contributed by atoms with Crippen molar-refractivity contribution in [2.24, 2.45) is 0 Å². The van der Waals surface area contributed by atoms with Crippen molar-refractivity contribution in [2.45, 2.75) is 19.9 Å². The molecule has 154 valence electrons. The minimum absolute atomic E-state index is 0. The highest BCUT2D eigenvalue weighted by Gasteiger charge is 2.21. The van der Waals surface area contributed by atoms with Crippen LogP contribution >= 0.6 is 24.8 Å². The number of hydrogen-bond donors (Lipinski definition) is 3. The minimum Gasteiger partial charge on any atom is -0.378 e. The Bertz CT molecular complexity index is 562. The molecule has 1 saturated heterocycles. The van der Waals surface area contributed by atoms with Gasteiger partial charge in [0.15, 0.2) is 0 Å². The van der Waals surface area contributed by atoms with Gasteiger partial charge in [-0.3, -0.25) is 9.59 Å². The van der Waals surface area contributed by atoms with E-state index in [2.05, 4.69) is 34.7 Å². The van der Waals surface area contributed by atoms with Gasteiger partial charge in [0, 0.05) is 30.9 Å². The summed E-state index contributed by atoms with van der Waals surface area (Å²) in [6.45, 7) is 9.28. The molecule has 2 amide bonds.